The molecule has 4 nitrogen and oxygen atoms in total. The second-order valence-corrected chi connectivity index (χ2v) is 4.68. The van der Waals surface area contributed by atoms with E-state index in [0.717, 1.165) is 0 Å². The number of hydrogen-bond donors (Lipinski definition) is 2. The number of ether oxygens (including phenoxy) is 1. The average molecular weight is 268 g/mol. The summed E-state index contributed by atoms with van der Waals surface area (Å²) in [5.74, 6) is -0.279. The number of nitrogens with one attached hydrogen (secondary N) is 1. The fraction of sp³-hybridized carbons (Fsp3) is 0.500. The van der Waals surface area contributed by atoms with Crippen LogP contribution >= 0.6 is 0 Å². The maximum atomic E-state index is 13.3. The third kappa shape index (κ3) is 6.20. The second kappa shape index (κ2) is 7.74. The first kappa shape index (κ1) is 15.4. The van der Waals surface area contributed by atoms with Crippen LogP contribution in [0.2, 0.25) is 0 Å². The van der Waals surface area contributed by atoms with Crippen molar-refractivity contribution >= 4 is 5.91 Å². The molecule has 0 fully saturated rings. The Balaban J connectivity index is 2.30. The van der Waals surface area contributed by atoms with Crippen molar-refractivity contribution in [3.8, 4) is 5.75 Å². The minimum Gasteiger partial charge on any atom is -0.486 e. The van der Waals surface area contributed by atoms with E-state index in [4.69, 9.17) is 10.5 Å². The van der Waals surface area contributed by atoms with E-state index >= 15 is 0 Å². The molecule has 0 spiro atoms. The Hall–Kier alpha value is -1.62. The average Bonchev–Trinajstić information content (AvgIpc) is 2.36. The van der Waals surface area contributed by atoms with E-state index in [9.17, 15) is 9.18 Å². The first-order chi connectivity index (χ1) is 8.99. The molecule has 1 aromatic carbocycles. The molecule has 19 heavy (non-hydrogen) atoms. The van der Waals surface area contributed by atoms with Gasteiger partial charge in [-0.15, -0.1) is 0 Å². The Morgan fingerprint density at radius 3 is 2.74 bits per heavy atom. The van der Waals surface area contributed by atoms with Gasteiger partial charge in [-0.3, -0.25) is 4.79 Å². The summed E-state index contributed by atoms with van der Waals surface area (Å²) in [4.78, 5) is 11.5. The molecule has 0 saturated carbocycles. The normalized spacial score (nSPS) is 13.7. The minimum atomic E-state index is -0.405. The first-order valence-corrected chi connectivity index (χ1v) is 6.42. The molecule has 0 aliphatic rings. The molecule has 0 bridgehead atoms. The maximum absolute atomic E-state index is 13.3. The Labute approximate surface area is 113 Å². The quantitative estimate of drug-likeness (QED) is 0.793. The standard InChI is InChI=1S/C14H21FN2O2/c1-10(16)7-8-14(18)17-9-11(2)19-13-6-4-3-5-12(13)15/h3-6,10-11H,7-9,16H2,1-2H3,(H,17,18). The van der Waals surface area contributed by atoms with Gasteiger partial charge in [0, 0.05) is 12.5 Å². The van der Waals surface area contributed by atoms with E-state index in [2.05, 4.69) is 5.32 Å². The Morgan fingerprint density at radius 2 is 2.11 bits per heavy atom. The van der Waals surface area contributed by atoms with Crippen molar-refractivity contribution < 1.29 is 13.9 Å². The topological polar surface area (TPSA) is 64.4 Å². The summed E-state index contributed by atoms with van der Waals surface area (Å²) in [5.41, 5.74) is 5.57. The van der Waals surface area contributed by atoms with Gasteiger partial charge in [0.25, 0.3) is 0 Å². The first-order valence-electron chi connectivity index (χ1n) is 6.42. The van der Waals surface area contributed by atoms with Crippen molar-refractivity contribution in [3.05, 3.63) is 30.1 Å². The Kier molecular flexibility index (Phi) is 6.29. The van der Waals surface area contributed by atoms with Gasteiger partial charge in [0.15, 0.2) is 11.6 Å². The van der Waals surface area contributed by atoms with Crippen LogP contribution in [-0.4, -0.2) is 24.6 Å². The van der Waals surface area contributed by atoms with E-state index < -0.39 is 5.82 Å². The lowest BCUT2D eigenvalue weighted by molar-refractivity contribution is -0.121. The van der Waals surface area contributed by atoms with Crippen LogP contribution in [0.15, 0.2) is 24.3 Å². The summed E-state index contributed by atoms with van der Waals surface area (Å²) in [5, 5.41) is 2.74. The van der Waals surface area contributed by atoms with Crippen molar-refractivity contribution in [2.45, 2.75) is 38.8 Å². The largest absolute Gasteiger partial charge is 0.486 e. The van der Waals surface area contributed by atoms with E-state index in [1.165, 1.54) is 6.07 Å². The highest BCUT2D eigenvalue weighted by Gasteiger charge is 2.10. The van der Waals surface area contributed by atoms with Crippen LogP contribution in [0, 0.1) is 5.82 Å². The number of halogens is 1. The summed E-state index contributed by atoms with van der Waals surface area (Å²) >= 11 is 0. The van der Waals surface area contributed by atoms with Crippen molar-refractivity contribution in [1.82, 2.24) is 5.32 Å². The second-order valence-electron chi connectivity index (χ2n) is 4.68. The molecule has 106 valence electrons. The van der Waals surface area contributed by atoms with Crippen LogP contribution in [-0.2, 0) is 4.79 Å². The van der Waals surface area contributed by atoms with Gasteiger partial charge in [0.05, 0.1) is 6.54 Å². The number of amides is 1. The summed E-state index contributed by atoms with van der Waals surface area (Å²) in [6.07, 6.45) is 0.745. The fourth-order valence-corrected chi connectivity index (χ4v) is 1.50. The van der Waals surface area contributed by atoms with Crippen molar-refractivity contribution in [3.63, 3.8) is 0 Å². The molecular weight excluding hydrogens is 247 g/mol. The molecule has 0 radical (unpaired) electrons. The number of carbonyl (C=O) groups excluding carboxylic acids is 1. The molecule has 1 amide bonds. The highest BCUT2D eigenvalue weighted by Crippen LogP contribution is 2.16. The van der Waals surface area contributed by atoms with Gasteiger partial charge in [0.1, 0.15) is 6.10 Å². The lowest BCUT2D eigenvalue weighted by atomic mass is 10.2. The molecule has 3 N–H and O–H groups in total. The van der Waals surface area contributed by atoms with Crippen LogP contribution in [0.25, 0.3) is 0 Å². The van der Waals surface area contributed by atoms with Crippen LogP contribution in [0.3, 0.4) is 0 Å². The van der Waals surface area contributed by atoms with Crippen LogP contribution < -0.4 is 15.8 Å². The molecule has 2 atom stereocenters. The Bertz CT molecular complexity index is 410. The molecule has 1 rings (SSSR count). The fourth-order valence-electron chi connectivity index (χ4n) is 1.50. The lowest BCUT2D eigenvalue weighted by Gasteiger charge is -2.16. The molecule has 2 unspecified atom stereocenters. The summed E-state index contributed by atoms with van der Waals surface area (Å²) < 4.78 is 18.7. The summed E-state index contributed by atoms with van der Waals surface area (Å²) in [7, 11) is 0. The number of rotatable bonds is 7. The molecular formula is C14H21FN2O2. The molecule has 0 aliphatic heterocycles. The zero-order valence-electron chi connectivity index (χ0n) is 11.4. The van der Waals surface area contributed by atoms with Crippen molar-refractivity contribution in [2.75, 3.05) is 6.54 Å². The van der Waals surface area contributed by atoms with Gasteiger partial charge in [-0.05, 0) is 32.4 Å². The van der Waals surface area contributed by atoms with Gasteiger partial charge in [-0.2, -0.15) is 0 Å². The highest BCUT2D eigenvalue weighted by atomic mass is 19.1. The molecule has 0 saturated heterocycles. The molecule has 0 heterocycles. The lowest BCUT2D eigenvalue weighted by Crippen LogP contribution is -2.34. The van der Waals surface area contributed by atoms with Crippen LogP contribution in [0.5, 0.6) is 5.75 Å². The number of hydrogen-bond acceptors (Lipinski definition) is 3. The van der Waals surface area contributed by atoms with E-state index in [1.807, 2.05) is 6.92 Å². The van der Waals surface area contributed by atoms with Gasteiger partial charge in [0.2, 0.25) is 5.91 Å². The van der Waals surface area contributed by atoms with Crippen molar-refractivity contribution in [2.24, 2.45) is 5.73 Å². The predicted molar refractivity (Wildman–Crippen MR) is 72.4 cm³/mol. The van der Waals surface area contributed by atoms with E-state index in [-0.39, 0.29) is 23.8 Å². The third-order valence-electron chi connectivity index (χ3n) is 2.58. The number of carbonyl (C=O) groups is 1. The maximum Gasteiger partial charge on any atom is 0.220 e. The smallest absolute Gasteiger partial charge is 0.220 e. The number of benzene rings is 1. The van der Waals surface area contributed by atoms with Crippen molar-refractivity contribution in [1.29, 1.82) is 0 Å². The van der Waals surface area contributed by atoms with Crippen LogP contribution in [0.4, 0.5) is 4.39 Å². The van der Waals surface area contributed by atoms with Gasteiger partial charge >= 0.3 is 0 Å². The summed E-state index contributed by atoms with van der Waals surface area (Å²) in [6.45, 7) is 3.97. The molecule has 0 aromatic heterocycles. The van der Waals surface area contributed by atoms with Crippen LogP contribution in [0.1, 0.15) is 26.7 Å². The highest BCUT2D eigenvalue weighted by molar-refractivity contribution is 5.75. The zero-order valence-corrected chi connectivity index (χ0v) is 11.4. The number of para-hydroxylation sites is 1. The van der Waals surface area contributed by atoms with Gasteiger partial charge in [-0.25, -0.2) is 4.39 Å². The monoisotopic (exact) mass is 268 g/mol. The SMILES string of the molecule is CC(N)CCC(=O)NCC(C)Oc1ccccc1F. The van der Waals surface area contributed by atoms with Gasteiger partial charge in [-0.1, -0.05) is 12.1 Å². The Morgan fingerprint density at radius 1 is 1.42 bits per heavy atom. The number of nitrogens with two attached hydrogens (primary N) is 1. The predicted octanol–water partition coefficient (Wildman–Crippen LogP) is 1.84. The van der Waals surface area contributed by atoms with E-state index in [0.29, 0.717) is 19.4 Å². The molecule has 0 aliphatic carbocycles. The minimum absolute atomic E-state index is 0.0119. The van der Waals surface area contributed by atoms with E-state index in [1.54, 1.807) is 25.1 Å². The third-order valence-corrected chi connectivity index (χ3v) is 2.58. The van der Waals surface area contributed by atoms with Gasteiger partial charge < -0.3 is 15.8 Å². The summed E-state index contributed by atoms with van der Waals surface area (Å²) in [6, 6.07) is 6.21. The zero-order chi connectivity index (χ0) is 14.3. The molecule has 1 aromatic rings. The molecule has 5 heteroatoms.